The number of hydrogen-bond acceptors (Lipinski definition) is 3. The zero-order chi connectivity index (χ0) is 12.4. The second-order valence-electron chi connectivity index (χ2n) is 3.59. The molecule has 88 valence electrons. The van der Waals surface area contributed by atoms with Crippen LogP contribution in [-0.4, -0.2) is 4.98 Å². The van der Waals surface area contributed by atoms with E-state index in [1.54, 1.807) is 18.3 Å². The number of aryl methyl sites for hydroxylation is 1. The number of aromatic nitrogens is 1. The molecule has 0 radical (unpaired) electrons. The van der Waals surface area contributed by atoms with Crippen molar-refractivity contribution in [3.63, 3.8) is 0 Å². The van der Waals surface area contributed by atoms with Crippen molar-refractivity contribution in [3.05, 3.63) is 45.0 Å². The predicted molar refractivity (Wildman–Crippen MR) is 75.3 cm³/mol. The van der Waals surface area contributed by atoms with Gasteiger partial charge in [0, 0.05) is 18.0 Å². The molecular weight excluding hydrogens is 348 g/mol. The lowest BCUT2D eigenvalue weighted by Crippen LogP contribution is -1.92. The van der Waals surface area contributed by atoms with Crippen molar-refractivity contribution in [3.8, 4) is 11.6 Å². The highest BCUT2D eigenvalue weighted by molar-refractivity contribution is 9.11. The molecule has 0 unspecified atom stereocenters. The van der Waals surface area contributed by atoms with Crippen molar-refractivity contribution in [2.24, 2.45) is 0 Å². The number of hydrogen-bond donors (Lipinski definition) is 1. The molecule has 1 heterocycles. The van der Waals surface area contributed by atoms with E-state index in [1.807, 2.05) is 19.1 Å². The van der Waals surface area contributed by atoms with Crippen LogP contribution in [0.5, 0.6) is 11.6 Å². The minimum absolute atomic E-state index is 0.516. The van der Waals surface area contributed by atoms with Crippen molar-refractivity contribution < 1.29 is 4.74 Å². The third-order valence-electron chi connectivity index (χ3n) is 2.11. The quantitative estimate of drug-likeness (QED) is 0.815. The first kappa shape index (κ1) is 12.4. The first-order valence-electron chi connectivity index (χ1n) is 4.91. The Morgan fingerprint density at radius 1 is 1.18 bits per heavy atom. The smallest absolute Gasteiger partial charge is 0.233 e. The molecule has 0 saturated heterocycles. The van der Waals surface area contributed by atoms with Crippen LogP contribution in [0.1, 0.15) is 5.56 Å². The zero-order valence-corrected chi connectivity index (χ0v) is 12.2. The van der Waals surface area contributed by atoms with Gasteiger partial charge >= 0.3 is 0 Å². The highest BCUT2D eigenvalue weighted by atomic mass is 79.9. The molecule has 0 aliphatic rings. The van der Waals surface area contributed by atoms with Crippen LogP contribution in [0.25, 0.3) is 0 Å². The molecule has 2 aromatic rings. The summed E-state index contributed by atoms with van der Waals surface area (Å²) < 4.78 is 7.34. The van der Waals surface area contributed by atoms with E-state index in [2.05, 4.69) is 36.8 Å². The van der Waals surface area contributed by atoms with E-state index in [0.717, 1.165) is 14.5 Å². The van der Waals surface area contributed by atoms with Gasteiger partial charge in [0.2, 0.25) is 5.88 Å². The normalized spacial score (nSPS) is 10.3. The molecule has 0 spiro atoms. The number of nitrogens with two attached hydrogens (primary N) is 1. The number of nitrogens with zero attached hydrogens (tertiary/aromatic N) is 1. The van der Waals surface area contributed by atoms with E-state index in [1.165, 1.54) is 0 Å². The van der Waals surface area contributed by atoms with Crippen LogP contribution in [0.4, 0.5) is 5.69 Å². The first-order valence-corrected chi connectivity index (χ1v) is 6.50. The van der Waals surface area contributed by atoms with Gasteiger partial charge in [-0.15, -0.1) is 0 Å². The van der Waals surface area contributed by atoms with Gasteiger partial charge in [-0.3, -0.25) is 0 Å². The molecule has 1 aromatic carbocycles. The van der Waals surface area contributed by atoms with Crippen molar-refractivity contribution in [1.29, 1.82) is 0 Å². The van der Waals surface area contributed by atoms with E-state index in [9.17, 15) is 0 Å². The molecule has 0 aliphatic heterocycles. The van der Waals surface area contributed by atoms with Gasteiger partial charge in [0.1, 0.15) is 5.75 Å². The van der Waals surface area contributed by atoms with Gasteiger partial charge in [0.25, 0.3) is 0 Å². The van der Waals surface area contributed by atoms with E-state index in [0.29, 0.717) is 17.3 Å². The van der Waals surface area contributed by atoms with Crippen LogP contribution >= 0.6 is 31.9 Å². The van der Waals surface area contributed by atoms with E-state index in [4.69, 9.17) is 10.5 Å². The number of nitrogen functional groups attached to an aromatic ring is 1. The molecule has 1 aromatic heterocycles. The summed E-state index contributed by atoms with van der Waals surface area (Å²) in [5, 5.41) is 0. The number of pyridine rings is 1. The fourth-order valence-electron chi connectivity index (χ4n) is 1.30. The Bertz CT molecular complexity index is 558. The molecule has 0 aliphatic carbocycles. The molecule has 5 heteroatoms. The van der Waals surface area contributed by atoms with Crippen molar-refractivity contribution in [1.82, 2.24) is 4.98 Å². The average Bonchev–Trinajstić information content (AvgIpc) is 2.27. The van der Waals surface area contributed by atoms with Crippen LogP contribution in [0.2, 0.25) is 0 Å². The molecule has 0 amide bonds. The van der Waals surface area contributed by atoms with E-state index < -0.39 is 0 Å². The van der Waals surface area contributed by atoms with Gasteiger partial charge in [-0.05, 0) is 62.5 Å². The molecule has 17 heavy (non-hydrogen) atoms. The maximum absolute atomic E-state index is 5.71. The Hall–Kier alpha value is -1.07. The highest BCUT2D eigenvalue weighted by Crippen LogP contribution is 2.33. The SMILES string of the molecule is Cc1cnc(Oc2cc(N)ccc2Br)c(Br)c1. The molecule has 3 nitrogen and oxygen atoms in total. The summed E-state index contributed by atoms with van der Waals surface area (Å²) in [5.41, 5.74) is 7.42. The molecule has 0 saturated carbocycles. The zero-order valence-electron chi connectivity index (χ0n) is 9.08. The third-order valence-corrected chi connectivity index (χ3v) is 3.33. The standard InChI is InChI=1S/C12H10Br2N2O/c1-7-4-10(14)12(16-6-7)17-11-5-8(15)2-3-9(11)13/h2-6H,15H2,1H3. The predicted octanol–water partition coefficient (Wildman–Crippen LogP) is 4.29. The molecule has 0 fully saturated rings. The van der Waals surface area contributed by atoms with Gasteiger partial charge in [0.05, 0.1) is 8.95 Å². The van der Waals surface area contributed by atoms with Crippen LogP contribution in [0, 0.1) is 6.92 Å². The fourth-order valence-corrected chi connectivity index (χ4v) is 2.17. The average molecular weight is 358 g/mol. The molecule has 0 atom stereocenters. The van der Waals surface area contributed by atoms with Crippen LogP contribution in [-0.2, 0) is 0 Å². The van der Waals surface area contributed by atoms with Crippen LogP contribution in [0.3, 0.4) is 0 Å². The second-order valence-corrected chi connectivity index (χ2v) is 5.30. The second kappa shape index (κ2) is 5.06. The third kappa shape index (κ3) is 2.98. The lowest BCUT2D eigenvalue weighted by atomic mass is 10.3. The van der Waals surface area contributed by atoms with Crippen molar-refractivity contribution in [2.45, 2.75) is 6.92 Å². The van der Waals surface area contributed by atoms with Gasteiger partial charge < -0.3 is 10.5 Å². The molecule has 2 N–H and O–H groups in total. The molecular formula is C12H10Br2N2O. The Balaban J connectivity index is 2.34. The van der Waals surface area contributed by atoms with Gasteiger partial charge in [-0.1, -0.05) is 0 Å². The summed E-state index contributed by atoms with van der Waals surface area (Å²) in [7, 11) is 0. The minimum atomic E-state index is 0.516. The summed E-state index contributed by atoms with van der Waals surface area (Å²) >= 11 is 6.82. The molecule has 2 rings (SSSR count). The largest absolute Gasteiger partial charge is 0.437 e. The number of benzene rings is 1. The number of anilines is 1. The molecule has 0 bridgehead atoms. The van der Waals surface area contributed by atoms with Gasteiger partial charge in [-0.25, -0.2) is 4.98 Å². The first-order chi connectivity index (χ1) is 8.06. The summed E-state index contributed by atoms with van der Waals surface area (Å²) in [4.78, 5) is 4.21. The minimum Gasteiger partial charge on any atom is -0.437 e. The lowest BCUT2D eigenvalue weighted by Gasteiger charge is -2.09. The Morgan fingerprint density at radius 3 is 2.65 bits per heavy atom. The highest BCUT2D eigenvalue weighted by Gasteiger charge is 2.07. The summed E-state index contributed by atoms with van der Waals surface area (Å²) in [6, 6.07) is 7.34. The maximum atomic E-state index is 5.71. The number of halogens is 2. The van der Waals surface area contributed by atoms with Gasteiger partial charge in [0.15, 0.2) is 0 Å². The fraction of sp³-hybridized carbons (Fsp3) is 0.0833. The Labute approximate surface area is 116 Å². The Morgan fingerprint density at radius 2 is 1.94 bits per heavy atom. The summed E-state index contributed by atoms with van der Waals surface area (Å²) in [6.45, 7) is 1.97. The lowest BCUT2D eigenvalue weighted by molar-refractivity contribution is 0.457. The van der Waals surface area contributed by atoms with Crippen molar-refractivity contribution >= 4 is 37.5 Å². The maximum Gasteiger partial charge on any atom is 0.233 e. The topological polar surface area (TPSA) is 48.1 Å². The van der Waals surface area contributed by atoms with Crippen molar-refractivity contribution in [2.75, 3.05) is 5.73 Å². The van der Waals surface area contributed by atoms with Crippen LogP contribution in [0.15, 0.2) is 39.4 Å². The van der Waals surface area contributed by atoms with E-state index in [-0.39, 0.29) is 0 Å². The summed E-state index contributed by atoms with van der Waals surface area (Å²) in [6.07, 6.45) is 1.75. The number of rotatable bonds is 2. The summed E-state index contributed by atoms with van der Waals surface area (Å²) in [5.74, 6) is 1.16. The van der Waals surface area contributed by atoms with E-state index >= 15 is 0 Å². The monoisotopic (exact) mass is 356 g/mol. The van der Waals surface area contributed by atoms with Gasteiger partial charge in [-0.2, -0.15) is 0 Å². The van der Waals surface area contributed by atoms with Crippen LogP contribution < -0.4 is 10.5 Å². The Kier molecular flexibility index (Phi) is 3.69. The number of ether oxygens (including phenoxy) is 1.